The van der Waals surface area contributed by atoms with Crippen LogP contribution in [0.25, 0.3) is 0 Å². The molecule has 6 heteroatoms. The van der Waals surface area contributed by atoms with Gasteiger partial charge >= 0.3 is 5.97 Å². The minimum absolute atomic E-state index is 0.0775. The van der Waals surface area contributed by atoms with Crippen molar-refractivity contribution < 1.29 is 9.90 Å². The van der Waals surface area contributed by atoms with E-state index in [0.29, 0.717) is 29.1 Å². The van der Waals surface area contributed by atoms with Crippen LogP contribution in [0, 0.1) is 0 Å². The lowest BCUT2D eigenvalue weighted by atomic mass is 10.2. The number of unbranched alkanes of at least 4 members (excludes halogenated alkanes) is 1. The number of rotatable bonds is 7. The molecular formula is C16H20Cl2N2O2. The van der Waals surface area contributed by atoms with Crippen LogP contribution >= 0.6 is 23.2 Å². The molecule has 0 atom stereocenters. The van der Waals surface area contributed by atoms with Gasteiger partial charge in [0.1, 0.15) is 5.16 Å². The smallest absolute Gasteiger partial charge is 0.309 e. The maximum atomic E-state index is 11.1. The molecule has 1 N–H and O–H groups in total. The summed E-state index contributed by atoms with van der Waals surface area (Å²) in [5, 5.41) is 10.4. The molecule has 1 aromatic carbocycles. The topological polar surface area (TPSA) is 43.8 Å². The zero-order chi connectivity index (χ0) is 16.1. The van der Waals surface area contributed by atoms with Crippen LogP contribution in [0.5, 0.6) is 0 Å². The summed E-state index contributed by atoms with van der Waals surface area (Å²) < 4.78 is 0. The molecule has 22 heavy (non-hydrogen) atoms. The van der Waals surface area contributed by atoms with Crippen molar-refractivity contribution >= 4 is 29.2 Å². The molecule has 1 aliphatic heterocycles. The number of hydrogen-bond donors (Lipinski definition) is 1. The third kappa shape index (κ3) is 4.08. The highest BCUT2D eigenvalue weighted by molar-refractivity contribution is 6.31. The van der Waals surface area contributed by atoms with Crippen molar-refractivity contribution in [1.82, 2.24) is 9.80 Å². The van der Waals surface area contributed by atoms with Crippen molar-refractivity contribution in [3.05, 3.63) is 45.7 Å². The standard InChI is InChI=1S/C16H20Cl2N2O2/c1-2-3-8-19-11-20(14(16(19)18)9-15(21)22)10-12-6-4-5-7-13(12)17/h4-7H,2-3,8-11H2,1H3,(H,21,22). The van der Waals surface area contributed by atoms with Crippen LogP contribution in [-0.2, 0) is 11.3 Å². The molecule has 120 valence electrons. The van der Waals surface area contributed by atoms with Crippen molar-refractivity contribution in [2.24, 2.45) is 0 Å². The first-order valence-electron chi connectivity index (χ1n) is 7.36. The highest BCUT2D eigenvalue weighted by Gasteiger charge is 2.29. The summed E-state index contributed by atoms with van der Waals surface area (Å²) in [6, 6.07) is 7.59. The first-order chi connectivity index (χ1) is 10.5. The van der Waals surface area contributed by atoms with E-state index < -0.39 is 5.97 Å². The minimum Gasteiger partial charge on any atom is -0.481 e. The van der Waals surface area contributed by atoms with Gasteiger partial charge in [-0.15, -0.1) is 0 Å². The molecule has 0 fully saturated rings. The number of carbonyl (C=O) groups is 1. The molecule has 1 aromatic rings. The number of carboxylic acids is 1. The van der Waals surface area contributed by atoms with Crippen molar-refractivity contribution in [1.29, 1.82) is 0 Å². The van der Waals surface area contributed by atoms with Crippen molar-refractivity contribution in [3.63, 3.8) is 0 Å². The maximum absolute atomic E-state index is 11.1. The molecule has 1 heterocycles. The molecule has 1 aliphatic rings. The predicted molar refractivity (Wildman–Crippen MR) is 88.6 cm³/mol. The minimum atomic E-state index is -0.880. The molecule has 4 nitrogen and oxygen atoms in total. The van der Waals surface area contributed by atoms with Crippen molar-refractivity contribution in [2.45, 2.75) is 32.7 Å². The van der Waals surface area contributed by atoms with Gasteiger partial charge in [-0.1, -0.05) is 54.7 Å². The summed E-state index contributed by atoms with van der Waals surface area (Å²) in [5.74, 6) is -0.880. The fourth-order valence-electron chi connectivity index (χ4n) is 2.49. The molecular weight excluding hydrogens is 323 g/mol. The Labute approximate surface area is 140 Å². The summed E-state index contributed by atoms with van der Waals surface area (Å²) >= 11 is 12.6. The largest absolute Gasteiger partial charge is 0.481 e. The van der Waals surface area contributed by atoms with Crippen LogP contribution in [0.15, 0.2) is 35.1 Å². The van der Waals surface area contributed by atoms with Crippen LogP contribution in [0.1, 0.15) is 31.7 Å². The van der Waals surface area contributed by atoms with E-state index in [0.717, 1.165) is 24.9 Å². The lowest BCUT2D eigenvalue weighted by molar-refractivity contribution is -0.136. The Morgan fingerprint density at radius 1 is 1.27 bits per heavy atom. The van der Waals surface area contributed by atoms with Gasteiger partial charge in [-0.25, -0.2) is 0 Å². The normalized spacial score (nSPS) is 14.9. The SMILES string of the molecule is CCCCN1CN(Cc2ccccc2Cl)C(CC(=O)O)=C1Cl. The number of halogens is 2. The Bertz CT molecular complexity index is 575. The van der Waals surface area contributed by atoms with E-state index in [1.54, 1.807) is 0 Å². The fraction of sp³-hybridized carbons (Fsp3) is 0.438. The lowest BCUT2D eigenvalue weighted by Crippen LogP contribution is -2.28. The average molecular weight is 343 g/mol. The van der Waals surface area contributed by atoms with Gasteiger partial charge in [-0.3, -0.25) is 4.79 Å². The Morgan fingerprint density at radius 3 is 2.64 bits per heavy atom. The number of benzene rings is 1. The van der Waals surface area contributed by atoms with Gasteiger partial charge in [0, 0.05) is 18.1 Å². The number of nitrogens with zero attached hydrogens (tertiary/aromatic N) is 2. The number of aliphatic carboxylic acids is 1. The average Bonchev–Trinajstić information content (AvgIpc) is 2.76. The zero-order valence-corrected chi connectivity index (χ0v) is 14.1. The van der Waals surface area contributed by atoms with Crippen molar-refractivity contribution in [2.75, 3.05) is 13.2 Å². The van der Waals surface area contributed by atoms with Gasteiger partial charge in [-0.05, 0) is 18.1 Å². The zero-order valence-electron chi connectivity index (χ0n) is 12.6. The van der Waals surface area contributed by atoms with Crippen LogP contribution in [0.4, 0.5) is 0 Å². The highest BCUT2D eigenvalue weighted by Crippen LogP contribution is 2.31. The third-order valence-electron chi connectivity index (χ3n) is 3.66. The molecule has 0 amide bonds. The second kappa shape index (κ2) is 7.75. The summed E-state index contributed by atoms with van der Waals surface area (Å²) in [7, 11) is 0. The van der Waals surface area contributed by atoms with Crippen molar-refractivity contribution in [3.8, 4) is 0 Å². The lowest BCUT2D eigenvalue weighted by Gasteiger charge is -2.24. The van der Waals surface area contributed by atoms with Gasteiger partial charge in [-0.2, -0.15) is 0 Å². The van der Waals surface area contributed by atoms with Crippen LogP contribution in [0.3, 0.4) is 0 Å². The van der Waals surface area contributed by atoms with Gasteiger partial charge < -0.3 is 14.9 Å². The summed E-state index contributed by atoms with van der Waals surface area (Å²) in [6.45, 7) is 4.11. The highest BCUT2D eigenvalue weighted by atomic mass is 35.5. The van der Waals surface area contributed by atoms with Gasteiger partial charge in [0.25, 0.3) is 0 Å². The maximum Gasteiger partial charge on any atom is 0.309 e. The van der Waals surface area contributed by atoms with E-state index in [1.807, 2.05) is 34.1 Å². The summed E-state index contributed by atoms with van der Waals surface area (Å²) in [6.07, 6.45) is 2.02. The number of carboxylic acid groups (broad SMARTS) is 1. The Kier molecular flexibility index (Phi) is 5.98. The van der Waals surface area contributed by atoms with Gasteiger partial charge in [0.2, 0.25) is 0 Å². The van der Waals surface area contributed by atoms with Gasteiger partial charge in [0.05, 0.1) is 18.8 Å². The van der Waals surface area contributed by atoms with Crippen LogP contribution < -0.4 is 0 Å². The Hall–Kier alpha value is -1.39. The third-order valence-corrected chi connectivity index (χ3v) is 4.48. The predicted octanol–water partition coefficient (Wildman–Crippen LogP) is 4.10. The second-order valence-corrected chi connectivity index (χ2v) is 6.12. The van der Waals surface area contributed by atoms with Gasteiger partial charge in [0.15, 0.2) is 0 Å². The van der Waals surface area contributed by atoms with E-state index in [1.165, 1.54) is 0 Å². The molecule has 2 rings (SSSR count). The molecule has 0 saturated heterocycles. The molecule has 0 unspecified atom stereocenters. The second-order valence-electron chi connectivity index (χ2n) is 5.36. The molecule has 0 saturated carbocycles. The first-order valence-corrected chi connectivity index (χ1v) is 8.12. The summed E-state index contributed by atoms with van der Waals surface area (Å²) in [5.41, 5.74) is 1.62. The fourth-order valence-corrected chi connectivity index (χ4v) is 3.01. The van der Waals surface area contributed by atoms with E-state index in [-0.39, 0.29) is 6.42 Å². The van der Waals surface area contributed by atoms with E-state index in [2.05, 4.69) is 6.92 Å². The van der Waals surface area contributed by atoms with Crippen LogP contribution in [-0.4, -0.2) is 34.1 Å². The first kappa shape index (κ1) is 17.0. The Balaban J connectivity index is 2.18. The quantitative estimate of drug-likeness (QED) is 0.757. The molecule has 0 spiro atoms. The molecule has 0 aromatic heterocycles. The van der Waals surface area contributed by atoms with Crippen LogP contribution in [0.2, 0.25) is 5.02 Å². The Morgan fingerprint density at radius 2 is 2.00 bits per heavy atom. The molecule has 0 bridgehead atoms. The van der Waals surface area contributed by atoms with E-state index >= 15 is 0 Å². The van der Waals surface area contributed by atoms with E-state index in [9.17, 15) is 4.79 Å². The number of hydrogen-bond acceptors (Lipinski definition) is 3. The monoisotopic (exact) mass is 342 g/mol. The van der Waals surface area contributed by atoms with E-state index in [4.69, 9.17) is 28.3 Å². The molecule has 0 radical (unpaired) electrons. The summed E-state index contributed by atoms with van der Waals surface area (Å²) in [4.78, 5) is 15.1. The molecule has 0 aliphatic carbocycles.